The SMILES string of the molecule is COc1ccc(C(=O)O)cc1NC(=O)c1cc2ccccc2cc1OC. The molecule has 0 spiro atoms. The Bertz CT molecular complexity index is 997. The first-order chi connectivity index (χ1) is 12.5. The van der Waals surface area contributed by atoms with Gasteiger partial charge in [0.1, 0.15) is 11.5 Å². The van der Waals surface area contributed by atoms with Gasteiger partial charge in [0.15, 0.2) is 0 Å². The second-order valence-corrected chi connectivity index (χ2v) is 5.57. The van der Waals surface area contributed by atoms with Crippen LogP contribution < -0.4 is 14.8 Å². The number of aromatic carboxylic acids is 1. The van der Waals surface area contributed by atoms with E-state index in [1.807, 2.05) is 24.3 Å². The Balaban J connectivity index is 2.01. The van der Waals surface area contributed by atoms with Gasteiger partial charge in [-0.05, 0) is 41.1 Å². The first-order valence-corrected chi connectivity index (χ1v) is 7.83. The van der Waals surface area contributed by atoms with E-state index >= 15 is 0 Å². The van der Waals surface area contributed by atoms with E-state index in [1.165, 1.54) is 32.4 Å². The molecule has 0 radical (unpaired) electrons. The van der Waals surface area contributed by atoms with Crippen LogP contribution in [-0.2, 0) is 0 Å². The lowest BCUT2D eigenvalue weighted by Gasteiger charge is -2.13. The van der Waals surface area contributed by atoms with Crippen molar-refractivity contribution >= 4 is 28.3 Å². The summed E-state index contributed by atoms with van der Waals surface area (Å²) in [6.07, 6.45) is 0. The number of rotatable bonds is 5. The summed E-state index contributed by atoms with van der Waals surface area (Å²) >= 11 is 0. The highest BCUT2D eigenvalue weighted by atomic mass is 16.5. The number of nitrogens with one attached hydrogen (secondary N) is 1. The molecule has 0 fully saturated rings. The number of carboxylic acids is 1. The molecule has 0 aliphatic heterocycles. The van der Waals surface area contributed by atoms with Crippen molar-refractivity contribution in [1.82, 2.24) is 0 Å². The van der Waals surface area contributed by atoms with Gasteiger partial charge in [0.25, 0.3) is 5.91 Å². The fourth-order valence-electron chi connectivity index (χ4n) is 2.69. The minimum Gasteiger partial charge on any atom is -0.496 e. The molecule has 0 aliphatic rings. The van der Waals surface area contributed by atoms with E-state index in [4.69, 9.17) is 14.6 Å². The standard InChI is InChI=1S/C20H17NO5/c1-25-17-8-7-14(20(23)24)10-16(17)21-19(22)15-9-12-5-3-4-6-13(12)11-18(15)26-2/h3-11H,1-2H3,(H,21,22)(H,23,24). The van der Waals surface area contributed by atoms with Crippen molar-refractivity contribution in [3.8, 4) is 11.5 Å². The third-order valence-corrected chi connectivity index (χ3v) is 4.01. The third-order valence-electron chi connectivity index (χ3n) is 4.01. The normalized spacial score (nSPS) is 10.4. The lowest BCUT2D eigenvalue weighted by molar-refractivity contribution is 0.0696. The Hall–Kier alpha value is -3.54. The van der Waals surface area contributed by atoms with Gasteiger partial charge in [0.05, 0.1) is 31.0 Å². The molecule has 132 valence electrons. The second-order valence-electron chi connectivity index (χ2n) is 5.57. The van der Waals surface area contributed by atoms with Crippen molar-refractivity contribution in [2.75, 3.05) is 19.5 Å². The van der Waals surface area contributed by atoms with Gasteiger partial charge < -0.3 is 19.9 Å². The zero-order valence-corrected chi connectivity index (χ0v) is 14.3. The number of fused-ring (bicyclic) bond motifs is 1. The van der Waals surface area contributed by atoms with Gasteiger partial charge in [0, 0.05) is 0 Å². The minimum absolute atomic E-state index is 0.0478. The number of hydrogen-bond donors (Lipinski definition) is 2. The van der Waals surface area contributed by atoms with Gasteiger partial charge in [-0.1, -0.05) is 24.3 Å². The lowest BCUT2D eigenvalue weighted by atomic mass is 10.0. The number of ether oxygens (including phenoxy) is 2. The second kappa shape index (κ2) is 7.14. The maximum atomic E-state index is 12.8. The number of benzene rings is 3. The van der Waals surface area contributed by atoms with Crippen LogP contribution in [0.25, 0.3) is 10.8 Å². The first kappa shape index (κ1) is 17.3. The van der Waals surface area contributed by atoms with E-state index in [1.54, 1.807) is 12.1 Å². The van der Waals surface area contributed by atoms with Crippen molar-refractivity contribution < 1.29 is 24.2 Å². The molecule has 6 heteroatoms. The van der Waals surface area contributed by atoms with Gasteiger partial charge in [-0.2, -0.15) is 0 Å². The molecule has 0 heterocycles. The molecule has 1 amide bonds. The van der Waals surface area contributed by atoms with Crippen molar-refractivity contribution in [3.05, 3.63) is 65.7 Å². The Morgan fingerprint density at radius 2 is 1.54 bits per heavy atom. The summed E-state index contributed by atoms with van der Waals surface area (Å²) in [5.41, 5.74) is 0.660. The van der Waals surface area contributed by atoms with Crippen molar-refractivity contribution in [2.24, 2.45) is 0 Å². The van der Waals surface area contributed by atoms with E-state index in [-0.39, 0.29) is 11.3 Å². The molecule has 0 bridgehead atoms. The lowest BCUT2D eigenvalue weighted by Crippen LogP contribution is -2.14. The number of amides is 1. The predicted molar refractivity (Wildman–Crippen MR) is 98.4 cm³/mol. The van der Waals surface area contributed by atoms with E-state index < -0.39 is 11.9 Å². The van der Waals surface area contributed by atoms with Crippen LogP contribution in [0.4, 0.5) is 5.69 Å². The number of carbonyl (C=O) groups is 2. The van der Waals surface area contributed by atoms with E-state index in [2.05, 4.69) is 5.32 Å². The van der Waals surface area contributed by atoms with E-state index in [0.717, 1.165) is 10.8 Å². The van der Waals surface area contributed by atoms with Crippen LogP contribution >= 0.6 is 0 Å². The van der Waals surface area contributed by atoms with Crippen LogP contribution in [0.2, 0.25) is 0 Å². The molecule has 0 aromatic heterocycles. The molecule has 26 heavy (non-hydrogen) atoms. The van der Waals surface area contributed by atoms with Gasteiger partial charge >= 0.3 is 5.97 Å². The predicted octanol–water partition coefficient (Wildman–Crippen LogP) is 3.81. The summed E-state index contributed by atoms with van der Waals surface area (Å²) in [5.74, 6) is -0.724. The van der Waals surface area contributed by atoms with E-state index in [9.17, 15) is 9.59 Å². The average Bonchev–Trinajstić information content (AvgIpc) is 2.66. The Morgan fingerprint density at radius 1 is 0.885 bits per heavy atom. The van der Waals surface area contributed by atoms with Gasteiger partial charge in [0.2, 0.25) is 0 Å². The van der Waals surface area contributed by atoms with Crippen LogP contribution in [0.3, 0.4) is 0 Å². The molecular weight excluding hydrogens is 334 g/mol. The average molecular weight is 351 g/mol. The Morgan fingerprint density at radius 3 is 2.15 bits per heavy atom. The van der Waals surface area contributed by atoms with Crippen LogP contribution in [0.5, 0.6) is 11.5 Å². The summed E-state index contributed by atoms with van der Waals surface area (Å²) in [6.45, 7) is 0. The number of anilines is 1. The zero-order valence-electron chi connectivity index (χ0n) is 14.3. The summed E-state index contributed by atoms with van der Waals surface area (Å²) in [4.78, 5) is 24.0. The third kappa shape index (κ3) is 3.30. The molecular formula is C20H17NO5. The first-order valence-electron chi connectivity index (χ1n) is 7.83. The Labute approximate surface area is 150 Å². The molecule has 3 aromatic carbocycles. The molecule has 0 unspecified atom stereocenters. The maximum Gasteiger partial charge on any atom is 0.335 e. The number of carbonyl (C=O) groups excluding carboxylic acids is 1. The monoisotopic (exact) mass is 351 g/mol. The fourth-order valence-corrected chi connectivity index (χ4v) is 2.69. The molecule has 0 aliphatic carbocycles. The quantitative estimate of drug-likeness (QED) is 0.730. The fraction of sp³-hybridized carbons (Fsp3) is 0.100. The molecule has 2 N–H and O–H groups in total. The molecule has 6 nitrogen and oxygen atoms in total. The smallest absolute Gasteiger partial charge is 0.335 e. The highest BCUT2D eigenvalue weighted by Crippen LogP contribution is 2.29. The van der Waals surface area contributed by atoms with Crippen molar-refractivity contribution in [1.29, 1.82) is 0 Å². The molecule has 0 saturated heterocycles. The molecule has 0 atom stereocenters. The van der Waals surface area contributed by atoms with Crippen LogP contribution in [0.15, 0.2) is 54.6 Å². The summed E-state index contributed by atoms with van der Waals surface area (Å²) in [6, 6.07) is 15.4. The van der Waals surface area contributed by atoms with Gasteiger partial charge in [-0.3, -0.25) is 4.79 Å². The van der Waals surface area contributed by atoms with Crippen molar-refractivity contribution in [2.45, 2.75) is 0 Å². The summed E-state index contributed by atoms with van der Waals surface area (Å²) < 4.78 is 10.5. The largest absolute Gasteiger partial charge is 0.496 e. The zero-order chi connectivity index (χ0) is 18.7. The van der Waals surface area contributed by atoms with Gasteiger partial charge in [-0.25, -0.2) is 4.79 Å². The van der Waals surface area contributed by atoms with Crippen LogP contribution in [0.1, 0.15) is 20.7 Å². The highest BCUT2D eigenvalue weighted by Gasteiger charge is 2.17. The number of hydrogen-bond acceptors (Lipinski definition) is 4. The minimum atomic E-state index is -1.09. The van der Waals surface area contributed by atoms with Crippen LogP contribution in [0, 0.1) is 0 Å². The number of methoxy groups -OCH3 is 2. The maximum absolute atomic E-state index is 12.8. The van der Waals surface area contributed by atoms with Crippen LogP contribution in [-0.4, -0.2) is 31.2 Å². The summed E-state index contributed by atoms with van der Waals surface area (Å²) in [5, 5.41) is 13.7. The summed E-state index contributed by atoms with van der Waals surface area (Å²) in [7, 11) is 2.94. The van der Waals surface area contributed by atoms with E-state index in [0.29, 0.717) is 17.1 Å². The Kier molecular flexibility index (Phi) is 4.75. The number of carboxylic acid groups (broad SMARTS) is 1. The molecule has 3 aromatic rings. The molecule has 0 saturated carbocycles. The topological polar surface area (TPSA) is 84.9 Å². The van der Waals surface area contributed by atoms with Crippen molar-refractivity contribution in [3.63, 3.8) is 0 Å². The molecule has 3 rings (SSSR count). The van der Waals surface area contributed by atoms with Gasteiger partial charge in [-0.15, -0.1) is 0 Å². The highest BCUT2D eigenvalue weighted by molar-refractivity contribution is 6.09.